The molecular formula is C25H27F7N8O3. The Labute approximate surface area is 238 Å². The summed E-state index contributed by atoms with van der Waals surface area (Å²) in [6.07, 6.45) is -8.76. The van der Waals surface area contributed by atoms with Gasteiger partial charge in [-0.05, 0) is 37.7 Å². The number of nitrogens with zero attached hydrogens (tertiary/aromatic N) is 6. The summed E-state index contributed by atoms with van der Waals surface area (Å²) in [6.45, 7) is 0. The van der Waals surface area contributed by atoms with Gasteiger partial charge in [0.25, 0.3) is 12.3 Å². The molecule has 3 N–H and O–H groups in total. The summed E-state index contributed by atoms with van der Waals surface area (Å²) in [5, 5.41) is 26.5. The van der Waals surface area contributed by atoms with Crippen molar-refractivity contribution in [2.45, 2.75) is 88.2 Å². The van der Waals surface area contributed by atoms with E-state index in [1.165, 1.54) is 16.8 Å². The maximum Gasteiger partial charge on any atom is 0.389 e. The van der Waals surface area contributed by atoms with E-state index in [2.05, 4.69) is 25.7 Å². The van der Waals surface area contributed by atoms with Crippen LogP contribution < -0.4 is 10.6 Å². The number of amides is 2. The summed E-state index contributed by atoms with van der Waals surface area (Å²) in [7, 11) is 0. The molecular weight excluding hydrogens is 593 g/mol. The first kappa shape index (κ1) is 30.6. The minimum absolute atomic E-state index is 0.0103. The molecule has 0 unspecified atom stereocenters. The van der Waals surface area contributed by atoms with Gasteiger partial charge in [0.1, 0.15) is 5.69 Å². The topological polar surface area (TPSA) is 139 Å². The van der Waals surface area contributed by atoms with E-state index >= 15 is 0 Å². The fourth-order valence-corrected chi connectivity index (χ4v) is 5.07. The molecule has 0 saturated heterocycles. The van der Waals surface area contributed by atoms with E-state index in [9.17, 15) is 45.4 Å². The SMILES string of the molecule is O=C(CCC(F)(F)F)N[C@H](O)c1cnn2cc([C@@H](NC(=O)c3nnn(C4CC4)c3C(F)F)C3CCC(F)(F)CC3)nc2c1. The second-order valence-corrected chi connectivity index (χ2v) is 10.8. The molecule has 2 amide bonds. The molecule has 234 valence electrons. The van der Waals surface area contributed by atoms with E-state index in [0.717, 1.165) is 10.9 Å². The van der Waals surface area contributed by atoms with Crippen molar-refractivity contribution in [1.82, 2.24) is 40.2 Å². The molecule has 0 aliphatic heterocycles. The summed E-state index contributed by atoms with van der Waals surface area (Å²) in [4.78, 5) is 29.5. The van der Waals surface area contributed by atoms with Crippen LogP contribution in [0.5, 0.6) is 0 Å². The molecule has 2 saturated carbocycles. The number of aliphatic hydroxyl groups excluding tert-OH is 1. The molecule has 0 bridgehead atoms. The van der Waals surface area contributed by atoms with E-state index in [-0.39, 0.29) is 35.8 Å². The Bertz CT molecular complexity index is 1480. The quantitative estimate of drug-likeness (QED) is 0.226. The fourth-order valence-electron chi connectivity index (χ4n) is 5.07. The molecule has 0 aromatic carbocycles. The van der Waals surface area contributed by atoms with Crippen molar-refractivity contribution in [1.29, 1.82) is 0 Å². The van der Waals surface area contributed by atoms with Crippen LogP contribution in [-0.2, 0) is 4.79 Å². The van der Waals surface area contributed by atoms with Crippen molar-refractivity contribution in [2.75, 3.05) is 0 Å². The number of nitrogens with one attached hydrogen (secondary N) is 2. The summed E-state index contributed by atoms with van der Waals surface area (Å²) in [5.41, 5.74) is -0.987. The van der Waals surface area contributed by atoms with Crippen molar-refractivity contribution < 1.29 is 45.4 Å². The molecule has 11 nitrogen and oxygen atoms in total. The number of halogens is 7. The zero-order chi connectivity index (χ0) is 31.1. The third-order valence-corrected chi connectivity index (χ3v) is 7.49. The molecule has 3 aromatic heterocycles. The molecule has 0 spiro atoms. The third kappa shape index (κ3) is 7.22. The molecule has 2 fully saturated rings. The van der Waals surface area contributed by atoms with E-state index in [0.29, 0.717) is 12.8 Å². The highest BCUT2D eigenvalue weighted by atomic mass is 19.4. The van der Waals surface area contributed by atoms with Gasteiger partial charge in [-0.15, -0.1) is 5.10 Å². The number of carbonyl (C=O) groups excluding carboxylic acids is 2. The molecule has 2 aliphatic carbocycles. The number of aliphatic hydroxyl groups is 1. The van der Waals surface area contributed by atoms with Gasteiger partial charge < -0.3 is 15.7 Å². The molecule has 43 heavy (non-hydrogen) atoms. The van der Waals surface area contributed by atoms with E-state index < -0.39 is 85.6 Å². The Morgan fingerprint density at radius 2 is 1.81 bits per heavy atom. The van der Waals surface area contributed by atoms with Crippen molar-refractivity contribution in [2.24, 2.45) is 5.92 Å². The van der Waals surface area contributed by atoms with Crippen molar-refractivity contribution >= 4 is 17.5 Å². The van der Waals surface area contributed by atoms with Crippen molar-refractivity contribution in [3.63, 3.8) is 0 Å². The maximum atomic E-state index is 14.0. The predicted molar refractivity (Wildman–Crippen MR) is 132 cm³/mol. The number of aromatic nitrogens is 6. The third-order valence-electron chi connectivity index (χ3n) is 7.49. The van der Waals surface area contributed by atoms with E-state index in [1.807, 2.05) is 5.32 Å². The Morgan fingerprint density at radius 1 is 1.12 bits per heavy atom. The van der Waals surface area contributed by atoms with Gasteiger partial charge in [0.2, 0.25) is 11.8 Å². The number of rotatable bonds is 10. The minimum Gasteiger partial charge on any atom is -0.369 e. The molecule has 2 atom stereocenters. The van der Waals surface area contributed by atoms with Gasteiger partial charge in [-0.25, -0.2) is 31.7 Å². The number of carbonyl (C=O) groups is 2. The minimum atomic E-state index is -4.55. The van der Waals surface area contributed by atoms with Crippen LogP contribution in [0, 0.1) is 5.92 Å². The first-order chi connectivity index (χ1) is 20.2. The lowest BCUT2D eigenvalue weighted by atomic mass is 9.81. The van der Waals surface area contributed by atoms with Crippen LogP contribution >= 0.6 is 0 Å². The largest absolute Gasteiger partial charge is 0.389 e. The monoisotopic (exact) mass is 620 g/mol. The van der Waals surface area contributed by atoms with Crippen LogP contribution in [0.1, 0.15) is 104 Å². The van der Waals surface area contributed by atoms with Gasteiger partial charge in [0.15, 0.2) is 17.6 Å². The predicted octanol–water partition coefficient (Wildman–Crippen LogP) is 4.34. The number of alkyl halides is 7. The van der Waals surface area contributed by atoms with Gasteiger partial charge in [-0.2, -0.15) is 18.3 Å². The Balaban J connectivity index is 1.39. The van der Waals surface area contributed by atoms with Gasteiger partial charge in [-0.1, -0.05) is 5.21 Å². The lowest BCUT2D eigenvalue weighted by Crippen LogP contribution is -2.38. The Morgan fingerprint density at radius 3 is 2.44 bits per heavy atom. The summed E-state index contributed by atoms with van der Waals surface area (Å²) in [5.74, 6) is -5.48. The first-order valence-electron chi connectivity index (χ1n) is 13.5. The van der Waals surface area contributed by atoms with Gasteiger partial charge >= 0.3 is 6.18 Å². The van der Waals surface area contributed by atoms with Crippen LogP contribution in [0.15, 0.2) is 18.5 Å². The van der Waals surface area contributed by atoms with Crippen molar-refractivity contribution in [3.8, 4) is 0 Å². The normalized spacial score (nSPS) is 19.0. The van der Waals surface area contributed by atoms with Crippen molar-refractivity contribution in [3.05, 3.63) is 41.1 Å². The second kappa shape index (κ2) is 11.7. The molecule has 0 radical (unpaired) electrons. The van der Waals surface area contributed by atoms with Gasteiger partial charge in [0, 0.05) is 24.8 Å². The molecule has 3 heterocycles. The van der Waals surface area contributed by atoms with Crippen LogP contribution in [-0.4, -0.2) is 58.6 Å². The van der Waals surface area contributed by atoms with Crippen LogP contribution in [0.2, 0.25) is 0 Å². The molecule has 18 heteroatoms. The average Bonchev–Trinajstić information content (AvgIpc) is 3.52. The highest BCUT2D eigenvalue weighted by molar-refractivity contribution is 5.93. The number of imidazole rings is 1. The van der Waals surface area contributed by atoms with E-state index in [4.69, 9.17) is 0 Å². The molecule has 2 aliphatic rings. The standard InChI is InChI=1S/C25H27F7N8O3/c26-21(27)20-19(37-38-40(20)14-1-2-14)23(43)36-18(12-3-6-24(28,29)7-4-12)15-11-39-16(34-15)9-13(10-33-39)22(42)35-17(41)5-8-25(30,31)32/h9-12,14,18,21-22,42H,1-8H2,(H,35,41)(H,36,43)/t18-,22+/m0/s1. The van der Waals surface area contributed by atoms with E-state index in [1.54, 1.807) is 0 Å². The Kier molecular flexibility index (Phi) is 8.32. The number of hydrogen-bond acceptors (Lipinski definition) is 7. The highest BCUT2D eigenvalue weighted by Crippen LogP contribution is 2.42. The maximum absolute atomic E-state index is 14.0. The summed E-state index contributed by atoms with van der Waals surface area (Å²) >= 11 is 0. The number of hydrogen-bond donors (Lipinski definition) is 3. The lowest BCUT2D eigenvalue weighted by molar-refractivity contribution is -0.145. The zero-order valence-electron chi connectivity index (χ0n) is 22.4. The van der Waals surface area contributed by atoms with Crippen LogP contribution in [0.25, 0.3) is 5.65 Å². The average molecular weight is 621 g/mol. The lowest BCUT2D eigenvalue weighted by Gasteiger charge is -2.33. The second-order valence-electron chi connectivity index (χ2n) is 10.8. The molecule has 5 rings (SSSR count). The highest BCUT2D eigenvalue weighted by Gasteiger charge is 2.41. The fraction of sp³-hybridized carbons (Fsp3) is 0.600. The summed E-state index contributed by atoms with van der Waals surface area (Å²) < 4.78 is 95.1. The first-order valence-corrected chi connectivity index (χ1v) is 13.5. The Hall–Kier alpha value is -3.83. The number of fused-ring (bicyclic) bond motifs is 1. The van der Waals surface area contributed by atoms with Gasteiger partial charge in [-0.3, -0.25) is 9.59 Å². The summed E-state index contributed by atoms with van der Waals surface area (Å²) in [6, 6.07) is -0.00913. The van der Waals surface area contributed by atoms with Crippen LogP contribution in [0.4, 0.5) is 30.7 Å². The zero-order valence-corrected chi connectivity index (χ0v) is 22.4. The van der Waals surface area contributed by atoms with Crippen LogP contribution in [0.3, 0.4) is 0 Å². The molecule has 3 aromatic rings. The van der Waals surface area contributed by atoms with Gasteiger partial charge in [0.05, 0.1) is 36.6 Å². The smallest absolute Gasteiger partial charge is 0.369 e.